The predicted molar refractivity (Wildman–Crippen MR) is 65.1 cm³/mol. The molecule has 1 aliphatic heterocycles. The molecular weight excluding hydrogens is 198 g/mol. The van der Waals surface area contributed by atoms with Crippen LogP contribution in [0, 0.1) is 5.92 Å². The van der Waals surface area contributed by atoms with Gasteiger partial charge in [-0.25, -0.2) is 0 Å². The van der Waals surface area contributed by atoms with Gasteiger partial charge in [-0.1, -0.05) is 30.3 Å². The molecule has 1 aliphatic rings. The third-order valence-corrected chi connectivity index (χ3v) is 3.31. The SMILES string of the molecule is O=C[C@@H]1CCCN(Cc2ccccc2)CC1. The minimum atomic E-state index is 0.292. The van der Waals surface area contributed by atoms with Crippen molar-refractivity contribution in [2.45, 2.75) is 25.8 Å². The molecule has 2 heteroatoms. The Morgan fingerprint density at radius 1 is 1.19 bits per heavy atom. The molecular formula is C14H19NO. The number of nitrogens with zero attached hydrogens (tertiary/aromatic N) is 1. The van der Waals surface area contributed by atoms with Crippen LogP contribution in [-0.2, 0) is 11.3 Å². The van der Waals surface area contributed by atoms with E-state index in [9.17, 15) is 4.79 Å². The van der Waals surface area contributed by atoms with Crippen LogP contribution in [0.15, 0.2) is 30.3 Å². The van der Waals surface area contributed by atoms with Gasteiger partial charge in [-0.3, -0.25) is 4.90 Å². The normalized spacial score (nSPS) is 22.6. The van der Waals surface area contributed by atoms with E-state index in [1.165, 1.54) is 5.56 Å². The standard InChI is InChI=1S/C14H19NO/c16-12-14-7-4-9-15(10-8-14)11-13-5-2-1-3-6-13/h1-3,5-6,12,14H,4,7-11H2/t14-/m1/s1. The molecule has 0 saturated carbocycles. The topological polar surface area (TPSA) is 20.3 Å². The van der Waals surface area contributed by atoms with Gasteiger partial charge in [0, 0.05) is 12.5 Å². The molecule has 86 valence electrons. The molecule has 16 heavy (non-hydrogen) atoms. The highest BCUT2D eigenvalue weighted by atomic mass is 16.1. The van der Waals surface area contributed by atoms with E-state index >= 15 is 0 Å². The van der Waals surface area contributed by atoms with Crippen molar-refractivity contribution in [2.75, 3.05) is 13.1 Å². The quantitative estimate of drug-likeness (QED) is 0.725. The highest BCUT2D eigenvalue weighted by Crippen LogP contribution is 2.17. The first-order valence-electron chi connectivity index (χ1n) is 6.10. The Balaban J connectivity index is 1.89. The first kappa shape index (κ1) is 11.3. The van der Waals surface area contributed by atoms with Gasteiger partial charge in [-0.15, -0.1) is 0 Å². The fourth-order valence-electron chi connectivity index (χ4n) is 2.32. The average molecular weight is 217 g/mol. The number of likely N-dealkylation sites (tertiary alicyclic amines) is 1. The maximum atomic E-state index is 10.8. The number of carbonyl (C=O) groups excluding carboxylic acids is 1. The average Bonchev–Trinajstić information content (AvgIpc) is 2.56. The van der Waals surface area contributed by atoms with Gasteiger partial charge >= 0.3 is 0 Å². The predicted octanol–water partition coefficient (Wildman–Crippen LogP) is 2.49. The fourth-order valence-corrected chi connectivity index (χ4v) is 2.32. The van der Waals surface area contributed by atoms with Crippen molar-refractivity contribution < 1.29 is 4.79 Å². The second kappa shape index (κ2) is 5.80. The Morgan fingerprint density at radius 3 is 2.75 bits per heavy atom. The molecule has 1 heterocycles. The van der Waals surface area contributed by atoms with Gasteiger partial charge < -0.3 is 4.79 Å². The lowest BCUT2D eigenvalue weighted by Gasteiger charge is -2.19. The Bertz CT molecular complexity index is 323. The zero-order valence-electron chi connectivity index (χ0n) is 9.64. The molecule has 0 aromatic heterocycles. The number of aldehydes is 1. The smallest absolute Gasteiger partial charge is 0.123 e. The van der Waals surface area contributed by atoms with Crippen LogP contribution in [0.2, 0.25) is 0 Å². The van der Waals surface area contributed by atoms with E-state index < -0.39 is 0 Å². The minimum Gasteiger partial charge on any atom is -0.303 e. The molecule has 0 N–H and O–H groups in total. The molecule has 1 aromatic rings. The van der Waals surface area contributed by atoms with Gasteiger partial charge in [0.2, 0.25) is 0 Å². The molecule has 0 spiro atoms. The van der Waals surface area contributed by atoms with E-state index in [0.717, 1.165) is 45.2 Å². The van der Waals surface area contributed by atoms with Crippen LogP contribution in [0.4, 0.5) is 0 Å². The van der Waals surface area contributed by atoms with Gasteiger partial charge in [-0.2, -0.15) is 0 Å². The van der Waals surface area contributed by atoms with Crippen LogP contribution in [0.3, 0.4) is 0 Å². The number of hydrogen-bond acceptors (Lipinski definition) is 2. The molecule has 0 unspecified atom stereocenters. The highest BCUT2D eigenvalue weighted by molar-refractivity contribution is 5.53. The summed E-state index contributed by atoms with van der Waals surface area (Å²) in [5.41, 5.74) is 1.37. The lowest BCUT2D eigenvalue weighted by Crippen LogP contribution is -2.24. The van der Waals surface area contributed by atoms with Crippen LogP contribution in [0.1, 0.15) is 24.8 Å². The zero-order chi connectivity index (χ0) is 11.2. The van der Waals surface area contributed by atoms with Gasteiger partial charge in [0.05, 0.1) is 0 Å². The third-order valence-electron chi connectivity index (χ3n) is 3.31. The lowest BCUT2D eigenvalue weighted by molar-refractivity contribution is -0.111. The summed E-state index contributed by atoms with van der Waals surface area (Å²) in [5.74, 6) is 0.292. The Hall–Kier alpha value is -1.15. The van der Waals surface area contributed by atoms with Crippen molar-refractivity contribution in [3.05, 3.63) is 35.9 Å². The molecule has 1 aromatic carbocycles. The first-order valence-corrected chi connectivity index (χ1v) is 6.10. The van der Waals surface area contributed by atoms with Crippen LogP contribution in [0.25, 0.3) is 0 Å². The van der Waals surface area contributed by atoms with Crippen molar-refractivity contribution >= 4 is 6.29 Å². The van der Waals surface area contributed by atoms with Crippen LogP contribution >= 0.6 is 0 Å². The maximum absolute atomic E-state index is 10.8. The summed E-state index contributed by atoms with van der Waals surface area (Å²) in [5, 5.41) is 0. The van der Waals surface area contributed by atoms with E-state index in [1.807, 2.05) is 6.07 Å². The summed E-state index contributed by atoms with van der Waals surface area (Å²) in [6.45, 7) is 3.20. The van der Waals surface area contributed by atoms with Crippen molar-refractivity contribution in [1.82, 2.24) is 4.90 Å². The molecule has 0 bridgehead atoms. The molecule has 2 rings (SSSR count). The van der Waals surface area contributed by atoms with Crippen molar-refractivity contribution in [3.63, 3.8) is 0 Å². The molecule has 0 amide bonds. The van der Waals surface area contributed by atoms with Crippen molar-refractivity contribution in [1.29, 1.82) is 0 Å². The van der Waals surface area contributed by atoms with E-state index in [1.54, 1.807) is 0 Å². The van der Waals surface area contributed by atoms with Gasteiger partial charge in [0.1, 0.15) is 6.29 Å². The van der Waals surface area contributed by atoms with Gasteiger partial charge in [-0.05, 0) is 37.9 Å². The van der Waals surface area contributed by atoms with Gasteiger partial charge in [0.25, 0.3) is 0 Å². The van der Waals surface area contributed by atoms with Crippen molar-refractivity contribution in [2.24, 2.45) is 5.92 Å². The van der Waals surface area contributed by atoms with E-state index in [-0.39, 0.29) is 0 Å². The minimum absolute atomic E-state index is 0.292. The fraction of sp³-hybridized carbons (Fsp3) is 0.500. The molecule has 0 aliphatic carbocycles. The van der Waals surface area contributed by atoms with E-state index in [2.05, 4.69) is 29.2 Å². The van der Waals surface area contributed by atoms with E-state index in [0.29, 0.717) is 5.92 Å². The Morgan fingerprint density at radius 2 is 2.00 bits per heavy atom. The Kier molecular flexibility index (Phi) is 4.11. The second-order valence-corrected chi connectivity index (χ2v) is 4.59. The third kappa shape index (κ3) is 3.17. The van der Waals surface area contributed by atoms with E-state index in [4.69, 9.17) is 0 Å². The summed E-state index contributed by atoms with van der Waals surface area (Å²) in [7, 11) is 0. The largest absolute Gasteiger partial charge is 0.303 e. The monoisotopic (exact) mass is 217 g/mol. The molecule has 1 fully saturated rings. The summed E-state index contributed by atoms with van der Waals surface area (Å²) in [6, 6.07) is 10.6. The number of carbonyl (C=O) groups is 1. The lowest BCUT2D eigenvalue weighted by atomic mass is 10.0. The zero-order valence-corrected chi connectivity index (χ0v) is 9.64. The summed E-state index contributed by atoms with van der Waals surface area (Å²) in [4.78, 5) is 13.2. The molecule has 0 radical (unpaired) electrons. The summed E-state index contributed by atoms with van der Waals surface area (Å²) < 4.78 is 0. The Labute approximate surface area is 97.3 Å². The highest BCUT2D eigenvalue weighted by Gasteiger charge is 2.16. The van der Waals surface area contributed by atoms with Gasteiger partial charge in [0.15, 0.2) is 0 Å². The van der Waals surface area contributed by atoms with Crippen LogP contribution in [-0.4, -0.2) is 24.3 Å². The van der Waals surface area contributed by atoms with Crippen molar-refractivity contribution in [3.8, 4) is 0 Å². The number of benzene rings is 1. The van der Waals surface area contributed by atoms with Crippen LogP contribution < -0.4 is 0 Å². The first-order chi connectivity index (χ1) is 7.88. The molecule has 1 atom stereocenters. The molecule has 2 nitrogen and oxygen atoms in total. The summed E-state index contributed by atoms with van der Waals surface area (Å²) in [6.07, 6.45) is 4.37. The second-order valence-electron chi connectivity index (χ2n) is 4.59. The van der Waals surface area contributed by atoms with Crippen LogP contribution in [0.5, 0.6) is 0 Å². The molecule has 1 saturated heterocycles. The number of rotatable bonds is 3. The maximum Gasteiger partial charge on any atom is 0.123 e. The number of hydrogen-bond donors (Lipinski definition) is 0. The summed E-state index contributed by atoms with van der Waals surface area (Å²) >= 11 is 0.